The average Bonchev–Trinajstić information content (AvgIpc) is 3.33. The summed E-state index contributed by atoms with van der Waals surface area (Å²) < 4.78 is 1.75. The van der Waals surface area contributed by atoms with Gasteiger partial charge in [-0.1, -0.05) is 12.1 Å². The van der Waals surface area contributed by atoms with Gasteiger partial charge in [-0.3, -0.25) is 19.3 Å². The molecule has 1 saturated heterocycles. The van der Waals surface area contributed by atoms with Gasteiger partial charge in [0, 0.05) is 31.9 Å². The number of nitrogens with zero attached hydrogens (tertiary/aromatic N) is 7. The van der Waals surface area contributed by atoms with E-state index in [0.717, 1.165) is 22.1 Å². The van der Waals surface area contributed by atoms with Gasteiger partial charge >= 0.3 is 0 Å². The zero-order chi connectivity index (χ0) is 24.0. The maximum absolute atomic E-state index is 13.1. The highest BCUT2D eigenvalue weighted by atomic mass is 16.2. The first-order valence-electron chi connectivity index (χ1n) is 11.2. The topological polar surface area (TPSA) is 105 Å². The number of amides is 3. The zero-order valence-electron chi connectivity index (χ0n) is 19.3. The number of anilines is 1. The third kappa shape index (κ3) is 3.60. The maximum Gasteiger partial charge on any atom is 0.262 e. The molecule has 1 unspecified atom stereocenters. The molecule has 2 aliphatic rings. The predicted octanol–water partition coefficient (Wildman–Crippen LogP) is 1.61. The lowest BCUT2D eigenvalue weighted by Crippen LogP contribution is -2.55. The lowest BCUT2D eigenvalue weighted by molar-refractivity contribution is -0.135. The van der Waals surface area contributed by atoms with Crippen LogP contribution in [0, 0.1) is 13.8 Å². The summed E-state index contributed by atoms with van der Waals surface area (Å²) in [5, 5.41) is 13.1. The van der Waals surface area contributed by atoms with E-state index in [1.165, 1.54) is 0 Å². The third-order valence-electron chi connectivity index (χ3n) is 6.35. The molecule has 2 aromatic heterocycles. The van der Waals surface area contributed by atoms with Crippen LogP contribution in [0.4, 0.5) is 5.82 Å². The van der Waals surface area contributed by atoms with Gasteiger partial charge in [-0.05, 0) is 51.1 Å². The molecule has 34 heavy (non-hydrogen) atoms. The number of benzene rings is 1. The van der Waals surface area contributed by atoms with Gasteiger partial charge < -0.3 is 9.80 Å². The molecule has 0 N–H and O–H groups in total. The van der Waals surface area contributed by atoms with E-state index >= 15 is 0 Å². The van der Waals surface area contributed by atoms with Crippen LogP contribution in [-0.2, 0) is 4.79 Å². The fraction of sp³-hybridized carbons (Fsp3) is 0.333. The van der Waals surface area contributed by atoms with E-state index in [9.17, 15) is 14.4 Å². The summed E-state index contributed by atoms with van der Waals surface area (Å²) in [4.78, 5) is 43.4. The van der Waals surface area contributed by atoms with Gasteiger partial charge in [0.05, 0.1) is 16.8 Å². The lowest BCUT2D eigenvalue weighted by Gasteiger charge is -2.37. The molecule has 0 radical (unpaired) electrons. The van der Waals surface area contributed by atoms with Crippen LogP contribution in [0.15, 0.2) is 42.5 Å². The highest BCUT2D eigenvalue weighted by molar-refractivity contribution is 6.22. The summed E-state index contributed by atoms with van der Waals surface area (Å²) in [6.45, 7) is 7.60. The molecule has 0 bridgehead atoms. The van der Waals surface area contributed by atoms with Crippen LogP contribution in [0.3, 0.4) is 0 Å². The van der Waals surface area contributed by atoms with Crippen LogP contribution in [0.2, 0.25) is 0 Å². The maximum atomic E-state index is 13.1. The SMILES string of the molecule is Cc1cc(C)n(-c2ccc(N3CCN(C(=O)C(C)N4C(=O)c5ccccc5C4=O)CC3)nn2)n1. The minimum Gasteiger partial charge on any atom is -0.352 e. The number of hydrogen-bond acceptors (Lipinski definition) is 7. The molecule has 10 heteroatoms. The molecular weight excluding hydrogens is 434 g/mol. The van der Waals surface area contributed by atoms with Gasteiger partial charge in [0.25, 0.3) is 11.8 Å². The van der Waals surface area contributed by atoms with Crippen molar-refractivity contribution in [1.29, 1.82) is 0 Å². The second-order valence-electron chi connectivity index (χ2n) is 8.60. The van der Waals surface area contributed by atoms with Crippen molar-refractivity contribution in [3.8, 4) is 5.82 Å². The molecule has 0 aliphatic carbocycles. The van der Waals surface area contributed by atoms with Gasteiger partial charge in [-0.2, -0.15) is 5.10 Å². The van der Waals surface area contributed by atoms with Crippen LogP contribution in [0.25, 0.3) is 5.82 Å². The Morgan fingerprint density at radius 1 is 0.882 bits per heavy atom. The zero-order valence-corrected chi connectivity index (χ0v) is 19.3. The number of aromatic nitrogens is 4. The first kappa shape index (κ1) is 21.7. The molecule has 10 nitrogen and oxygen atoms in total. The second-order valence-corrected chi connectivity index (χ2v) is 8.60. The molecule has 1 atom stereocenters. The minimum atomic E-state index is -0.862. The number of fused-ring (bicyclic) bond motifs is 1. The summed E-state index contributed by atoms with van der Waals surface area (Å²) in [6.07, 6.45) is 0. The van der Waals surface area contributed by atoms with E-state index in [4.69, 9.17) is 0 Å². The van der Waals surface area contributed by atoms with Crippen molar-refractivity contribution in [3.63, 3.8) is 0 Å². The van der Waals surface area contributed by atoms with Crippen molar-refractivity contribution < 1.29 is 14.4 Å². The fourth-order valence-electron chi connectivity index (χ4n) is 4.55. The Kier molecular flexibility index (Phi) is 5.35. The number of carbonyl (C=O) groups excluding carboxylic acids is 3. The summed E-state index contributed by atoms with van der Waals surface area (Å²) in [5.74, 6) is 0.306. The number of imide groups is 1. The Bertz CT molecular complexity index is 1240. The van der Waals surface area contributed by atoms with Crippen molar-refractivity contribution in [3.05, 3.63) is 65.0 Å². The summed E-state index contributed by atoms with van der Waals surface area (Å²) in [7, 11) is 0. The van der Waals surface area contributed by atoms with Gasteiger partial charge in [0.1, 0.15) is 6.04 Å². The number of piperazine rings is 1. The van der Waals surface area contributed by atoms with Crippen molar-refractivity contribution in [2.24, 2.45) is 0 Å². The standard InChI is InChI=1S/C24H25N7O3/c1-15-14-16(2)31(27-15)21-9-8-20(25-26-21)28-10-12-29(13-11-28)22(32)17(3)30-23(33)18-6-4-5-7-19(18)24(30)34/h4-9,14,17H,10-13H2,1-3H3. The molecule has 4 heterocycles. The highest BCUT2D eigenvalue weighted by Crippen LogP contribution is 2.25. The Hall–Kier alpha value is -4.08. The number of rotatable bonds is 4. The molecule has 0 saturated carbocycles. The molecule has 1 fully saturated rings. The smallest absolute Gasteiger partial charge is 0.262 e. The van der Waals surface area contributed by atoms with Gasteiger partial charge in [-0.25, -0.2) is 4.68 Å². The van der Waals surface area contributed by atoms with E-state index in [0.29, 0.717) is 43.1 Å². The van der Waals surface area contributed by atoms with Crippen LogP contribution in [0.1, 0.15) is 39.0 Å². The monoisotopic (exact) mass is 459 g/mol. The Morgan fingerprint density at radius 2 is 1.47 bits per heavy atom. The minimum absolute atomic E-state index is 0.236. The van der Waals surface area contributed by atoms with E-state index in [-0.39, 0.29) is 5.91 Å². The number of hydrogen-bond donors (Lipinski definition) is 0. The van der Waals surface area contributed by atoms with Crippen LogP contribution < -0.4 is 4.90 Å². The Labute approximate surface area is 196 Å². The molecule has 0 spiro atoms. The van der Waals surface area contributed by atoms with Crippen molar-refractivity contribution in [2.75, 3.05) is 31.1 Å². The first-order chi connectivity index (χ1) is 16.3. The number of carbonyl (C=O) groups is 3. The van der Waals surface area contributed by atoms with Crippen molar-refractivity contribution in [1.82, 2.24) is 29.8 Å². The average molecular weight is 460 g/mol. The molecule has 3 aromatic rings. The predicted molar refractivity (Wildman–Crippen MR) is 124 cm³/mol. The number of aryl methyl sites for hydroxylation is 2. The molecule has 3 amide bonds. The summed E-state index contributed by atoms with van der Waals surface area (Å²) in [5.41, 5.74) is 2.59. The highest BCUT2D eigenvalue weighted by Gasteiger charge is 2.42. The molecular formula is C24H25N7O3. The Balaban J connectivity index is 1.22. The molecule has 5 rings (SSSR count). The first-order valence-corrected chi connectivity index (χ1v) is 11.2. The van der Waals surface area contributed by atoms with Crippen molar-refractivity contribution >= 4 is 23.5 Å². The molecule has 174 valence electrons. The molecule has 1 aromatic carbocycles. The van der Waals surface area contributed by atoms with Gasteiger partial charge in [-0.15, -0.1) is 10.2 Å². The Morgan fingerprint density at radius 3 is 2.00 bits per heavy atom. The van der Waals surface area contributed by atoms with Gasteiger partial charge in [0.15, 0.2) is 11.6 Å². The quantitative estimate of drug-likeness (QED) is 0.546. The van der Waals surface area contributed by atoms with Crippen LogP contribution >= 0.6 is 0 Å². The van der Waals surface area contributed by atoms with Crippen molar-refractivity contribution in [2.45, 2.75) is 26.8 Å². The second kappa shape index (κ2) is 8.36. The largest absolute Gasteiger partial charge is 0.352 e. The summed E-state index contributed by atoms with van der Waals surface area (Å²) >= 11 is 0. The van der Waals surface area contributed by atoms with E-state index < -0.39 is 17.9 Å². The molecule has 2 aliphatic heterocycles. The van der Waals surface area contributed by atoms with E-state index in [1.54, 1.807) is 40.8 Å². The fourth-order valence-corrected chi connectivity index (χ4v) is 4.55. The summed E-state index contributed by atoms with van der Waals surface area (Å²) in [6, 6.07) is 11.6. The third-order valence-corrected chi connectivity index (χ3v) is 6.35. The lowest BCUT2D eigenvalue weighted by atomic mass is 10.1. The normalized spacial score (nSPS) is 16.7. The van der Waals surface area contributed by atoms with Crippen LogP contribution in [0.5, 0.6) is 0 Å². The van der Waals surface area contributed by atoms with Gasteiger partial charge in [0.2, 0.25) is 5.91 Å². The van der Waals surface area contributed by atoms with Crippen LogP contribution in [-0.4, -0.2) is 79.7 Å². The van der Waals surface area contributed by atoms with E-state index in [1.807, 2.05) is 32.0 Å². The van der Waals surface area contributed by atoms with E-state index in [2.05, 4.69) is 20.2 Å².